The van der Waals surface area contributed by atoms with E-state index in [9.17, 15) is 4.79 Å². The highest BCUT2D eigenvalue weighted by Crippen LogP contribution is 2.22. The van der Waals surface area contributed by atoms with Crippen LogP contribution in [0.15, 0.2) is 48.5 Å². The van der Waals surface area contributed by atoms with Crippen LogP contribution in [0.5, 0.6) is 5.75 Å². The van der Waals surface area contributed by atoms with E-state index in [-0.39, 0.29) is 0 Å². The summed E-state index contributed by atoms with van der Waals surface area (Å²) in [5.41, 5.74) is 2.69. The van der Waals surface area contributed by atoms with Gasteiger partial charge in [-0.05, 0) is 17.7 Å². The highest BCUT2D eigenvalue weighted by atomic mass is 16.5. The number of rotatable bonds is 5. The number of ether oxygens (including phenoxy) is 1. The van der Waals surface area contributed by atoms with E-state index in [0.29, 0.717) is 11.3 Å². The first-order valence-corrected chi connectivity index (χ1v) is 5.74. The molecule has 0 amide bonds. The summed E-state index contributed by atoms with van der Waals surface area (Å²) in [6.07, 6.45) is 0.791. The SMILES string of the molecule is COc1cc(NCc2ccccc2)ccc1C=O. The molecule has 0 spiro atoms. The molecule has 0 saturated carbocycles. The summed E-state index contributed by atoms with van der Waals surface area (Å²) < 4.78 is 5.16. The van der Waals surface area contributed by atoms with Gasteiger partial charge in [-0.15, -0.1) is 0 Å². The van der Waals surface area contributed by atoms with Gasteiger partial charge in [0.25, 0.3) is 0 Å². The van der Waals surface area contributed by atoms with E-state index in [2.05, 4.69) is 17.4 Å². The third-order valence-electron chi connectivity index (χ3n) is 2.70. The molecule has 0 heterocycles. The number of methoxy groups -OCH3 is 1. The Morgan fingerprint density at radius 1 is 1.17 bits per heavy atom. The van der Waals surface area contributed by atoms with E-state index in [1.165, 1.54) is 5.56 Å². The molecule has 0 radical (unpaired) electrons. The van der Waals surface area contributed by atoms with Crippen molar-refractivity contribution in [3.05, 3.63) is 59.7 Å². The first kappa shape index (κ1) is 12.2. The molecule has 0 bridgehead atoms. The predicted molar refractivity (Wildman–Crippen MR) is 72.2 cm³/mol. The number of carbonyl (C=O) groups excluding carboxylic acids is 1. The zero-order chi connectivity index (χ0) is 12.8. The zero-order valence-corrected chi connectivity index (χ0v) is 10.2. The second-order valence-electron chi connectivity index (χ2n) is 3.91. The van der Waals surface area contributed by atoms with Crippen molar-refractivity contribution in [2.24, 2.45) is 0 Å². The molecule has 0 aliphatic rings. The standard InChI is InChI=1S/C15H15NO2/c1-18-15-9-14(8-7-13(15)11-17)16-10-12-5-3-2-4-6-12/h2-9,11,16H,10H2,1H3. The first-order chi connectivity index (χ1) is 8.83. The van der Waals surface area contributed by atoms with Crippen molar-refractivity contribution in [2.45, 2.75) is 6.54 Å². The molecule has 2 aromatic rings. The zero-order valence-electron chi connectivity index (χ0n) is 10.2. The van der Waals surface area contributed by atoms with Crippen molar-refractivity contribution in [3.63, 3.8) is 0 Å². The normalized spacial score (nSPS) is 9.83. The van der Waals surface area contributed by atoms with Gasteiger partial charge in [-0.3, -0.25) is 4.79 Å². The quantitative estimate of drug-likeness (QED) is 0.817. The van der Waals surface area contributed by atoms with Crippen LogP contribution in [0, 0.1) is 0 Å². The van der Waals surface area contributed by atoms with Gasteiger partial charge < -0.3 is 10.1 Å². The smallest absolute Gasteiger partial charge is 0.153 e. The summed E-state index contributed by atoms with van der Waals surface area (Å²) in [5.74, 6) is 0.586. The van der Waals surface area contributed by atoms with Crippen molar-refractivity contribution in [1.82, 2.24) is 0 Å². The fourth-order valence-corrected chi connectivity index (χ4v) is 1.72. The molecule has 0 unspecified atom stereocenters. The summed E-state index contributed by atoms with van der Waals surface area (Å²) in [5, 5.41) is 3.29. The number of carbonyl (C=O) groups is 1. The Bertz CT molecular complexity index is 523. The van der Waals surface area contributed by atoms with E-state index in [4.69, 9.17) is 4.74 Å². The van der Waals surface area contributed by atoms with Gasteiger partial charge in [0.1, 0.15) is 5.75 Å². The molecule has 0 atom stereocenters. The lowest BCUT2D eigenvalue weighted by molar-refractivity contribution is 0.112. The van der Waals surface area contributed by atoms with Gasteiger partial charge in [-0.2, -0.15) is 0 Å². The third kappa shape index (κ3) is 2.88. The molecule has 3 heteroatoms. The van der Waals surface area contributed by atoms with Gasteiger partial charge in [0.05, 0.1) is 12.7 Å². The number of hydrogen-bond acceptors (Lipinski definition) is 3. The van der Waals surface area contributed by atoms with Gasteiger partial charge in [0, 0.05) is 18.3 Å². The van der Waals surface area contributed by atoms with E-state index < -0.39 is 0 Å². The molecule has 2 aromatic carbocycles. The van der Waals surface area contributed by atoms with Crippen molar-refractivity contribution in [3.8, 4) is 5.75 Å². The van der Waals surface area contributed by atoms with Crippen molar-refractivity contribution >= 4 is 12.0 Å². The molecule has 92 valence electrons. The molecule has 1 N–H and O–H groups in total. The highest BCUT2D eigenvalue weighted by Gasteiger charge is 2.03. The Kier molecular flexibility index (Phi) is 3.97. The topological polar surface area (TPSA) is 38.3 Å². The van der Waals surface area contributed by atoms with Crippen LogP contribution in [0.4, 0.5) is 5.69 Å². The highest BCUT2D eigenvalue weighted by molar-refractivity contribution is 5.80. The second-order valence-corrected chi connectivity index (χ2v) is 3.91. The fraction of sp³-hybridized carbons (Fsp3) is 0.133. The van der Waals surface area contributed by atoms with Crippen molar-refractivity contribution in [1.29, 1.82) is 0 Å². The molecule has 18 heavy (non-hydrogen) atoms. The van der Waals surface area contributed by atoms with E-state index in [0.717, 1.165) is 18.5 Å². The molecule has 0 aromatic heterocycles. The van der Waals surface area contributed by atoms with Crippen molar-refractivity contribution in [2.75, 3.05) is 12.4 Å². The Balaban J connectivity index is 2.08. The molecule has 2 rings (SSSR count). The Labute approximate surface area is 106 Å². The maximum Gasteiger partial charge on any atom is 0.153 e. The summed E-state index contributed by atoms with van der Waals surface area (Å²) in [7, 11) is 1.56. The maximum atomic E-state index is 10.8. The molecule has 0 aliphatic carbocycles. The third-order valence-corrected chi connectivity index (χ3v) is 2.70. The average Bonchev–Trinajstić information content (AvgIpc) is 2.45. The van der Waals surface area contributed by atoms with Gasteiger partial charge in [0.2, 0.25) is 0 Å². The number of nitrogens with one attached hydrogen (secondary N) is 1. The van der Waals surface area contributed by atoms with Crippen LogP contribution >= 0.6 is 0 Å². The molecule has 0 saturated heterocycles. The van der Waals surface area contributed by atoms with Crippen LogP contribution in [0.3, 0.4) is 0 Å². The summed E-state index contributed by atoms with van der Waals surface area (Å²) in [4.78, 5) is 10.8. The largest absolute Gasteiger partial charge is 0.496 e. The summed E-state index contributed by atoms with van der Waals surface area (Å²) >= 11 is 0. The van der Waals surface area contributed by atoms with Crippen molar-refractivity contribution < 1.29 is 9.53 Å². The summed E-state index contributed by atoms with van der Waals surface area (Å²) in [6.45, 7) is 0.741. The van der Waals surface area contributed by atoms with Crippen LogP contribution in [0.1, 0.15) is 15.9 Å². The van der Waals surface area contributed by atoms with E-state index in [1.807, 2.05) is 30.3 Å². The molecule has 0 fully saturated rings. The number of anilines is 1. The van der Waals surface area contributed by atoms with Gasteiger partial charge in [-0.25, -0.2) is 0 Å². The van der Waals surface area contributed by atoms with Gasteiger partial charge >= 0.3 is 0 Å². The second kappa shape index (κ2) is 5.87. The van der Waals surface area contributed by atoms with Gasteiger partial charge in [-0.1, -0.05) is 30.3 Å². The number of benzene rings is 2. The van der Waals surface area contributed by atoms with Crippen LogP contribution in [0.25, 0.3) is 0 Å². The predicted octanol–water partition coefficient (Wildman–Crippen LogP) is 3.12. The number of aldehydes is 1. The molecule has 3 nitrogen and oxygen atoms in total. The fourth-order valence-electron chi connectivity index (χ4n) is 1.72. The Morgan fingerprint density at radius 2 is 1.94 bits per heavy atom. The lowest BCUT2D eigenvalue weighted by Crippen LogP contribution is -2.00. The minimum Gasteiger partial charge on any atom is -0.496 e. The maximum absolute atomic E-state index is 10.8. The monoisotopic (exact) mass is 241 g/mol. The van der Waals surface area contributed by atoms with Gasteiger partial charge in [0.15, 0.2) is 6.29 Å². The Hall–Kier alpha value is -2.29. The number of hydrogen-bond donors (Lipinski definition) is 1. The van der Waals surface area contributed by atoms with Crippen LogP contribution in [0.2, 0.25) is 0 Å². The van der Waals surface area contributed by atoms with Crippen LogP contribution in [-0.4, -0.2) is 13.4 Å². The molecular formula is C15H15NO2. The van der Waals surface area contributed by atoms with E-state index >= 15 is 0 Å². The van der Waals surface area contributed by atoms with Crippen LogP contribution in [-0.2, 0) is 6.54 Å². The first-order valence-electron chi connectivity index (χ1n) is 5.74. The molecule has 0 aliphatic heterocycles. The van der Waals surface area contributed by atoms with E-state index in [1.54, 1.807) is 13.2 Å². The molecular weight excluding hydrogens is 226 g/mol. The lowest BCUT2D eigenvalue weighted by atomic mass is 10.2. The lowest BCUT2D eigenvalue weighted by Gasteiger charge is -2.09. The van der Waals surface area contributed by atoms with Crippen LogP contribution < -0.4 is 10.1 Å². The minimum absolute atomic E-state index is 0.558. The summed E-state index contributed by atoms with van der Waals surface area (Å²) in [6, 6.07) is 15.6. The Morgan fingerprint density at radius 3 is 2.61 bits per heavy atom. The minimum atomic E-state index is 0.558. The average molecular weight is 241 g/mol.